The van der Waals surface area contributed by atoms with Crippen molar-refractivity contribution in [3.63, 3.8) is 0 Å². The monoisotopic (exact) mass is 220 g/mol. The molecule has 0 amide bonds. The lowest BCUT2D eigenvalue weighted by Crippen LogP contribution is -2.29. The first-order valence-corrected chi connectivity index (χ1v) is 5.29. The van der Waals surface area contributed by atoms with Gasteiger partial charge in [0, 0.05) is 19.6 Å². The summed E-state index contributed by atoms with van der Waals surface area (Å²) >= 11 is 0. The molecule has 1 aromatic rings. The van der Waals surface area contributed by atoms with E-state index < -0.39 is 0 Å². The summed E-state index contributed by atoms with van der Waals surface area (Å²) in [6.07, 6.45) is 5.12. The summed E-state index contributed by atoms with van der Waals surface area (Å²) in [6.45, 7) is 3.20. The van der Waals surface area contributed by atoms with Crippen molar-refractivity contribution in [3.05, 3.63) is 35.6 Å². The fourth-order valence-corrected chi connectivity index (χ4v) is 1.41. The van der Waals surface area contributed by atoms with Gasteiger partial charge in [0.05, 0.1) is 6.54 Å². The van der Waals surface area contributed by atoms with Gasteiger partial charge >= 0.3 is 0 Å². The molecule has 3 heteroatoms. The van der Waals surface area contributed by atoms with Gasteiger partial charge in [-0.25, -0.2) is 4.39 Å². The maximum absolute atomic E-state index is 12.7. The highest BCUT2D eigenvalue weighted by atomic mass is 19.1. The van der Waals surface area contributed by atoms with Gasteiger partial charge in [0.1, 0.15) is 5.82 Å². The van der Waals surface area contributed by atoms with Crippen LogP contribution < -0.4 is 5.32 Å². The Morgan fingerprint density at radius 2 is 2.06 bits per heavy atom. The van der Waals surface area contributed by atoms with Crippen LogP contribution in [-0.4, -0.2) is 31.6 Å². The van der Waals surface area contributed by atoms with Gasteiger partial charge in [0.2, 0.25) is 0 Å². The highest BCUT2D eigenvalue weighted by Gasteiger charge is 1.99. The van der Waals surface area contributed by atoms with Crippen LogP contribution in [0.25, 0.3) is 0 Å². The van der Waals surface area contributed by atoms with Crippen molar-refractivity contribution in [1.29, 1.82) is 0 Å². The average molecular weight is 220 g/mol. The summed E-state index contributed by atoms with van der Waals surface area (Å²) in [5.74, 6) is 2.33. The Morgan fingerprint density at radius 3 is 2.69 bits per heavy atom. The van der Waals surface area contributed by atoms with Crippen LogP contribution in [0.5, 0.6) is 0 Å². The minimum atomic E-state index is -0.193. The maximum atomic E-state index is 12.7. The predicted octanol–water partition coefficient (Wildman–Crippen LogP) is 1.48. The molecule has 0 bridgehead atoms. The van der Waals surface area contributed by atoms with E-state index in [1.807, 2.05) is 7.05 Å². The number of benzene rings is 1. The molecule has 0 aromatic heterocycles. The van der Waals surface area contributed by atoms with Crippen LogP contribution in [0.3, 0.4) is 0 Å². The van der Waals surface area contributed by atoms with Gasteiger partial charge in [0.25, 0.3) is 0 Å². The summed E-state index contributed by atoms with van der Waals surface area (Å²) in [4.78, 5) is 2.16. The fraction of sp³-hybridized carbons (Fsp3) is 0.385. The highest BCUT2D eigenvalue weighted by Crippen LogP contribution is 2.04. The molecule has 0 heterocycles. The summed E-state index contributed by atoms with van der Waals surface area (Å²) < 4.78 is 12.7. The van der Waals surface area contributed by atoms with Crippen LogP contribution in [0.4, 0.5) is 4.39 Å². The lowest BCUT2D eigenvalue weighted by molar-refractivity contribution is 0.326. The van der Waals surface area contributed by atoms with Crippen LogP contribution in [0.2, 0.25) is 0 Å². The van der Waals surface area contributed by atoms with Crippen molar-refractivity contribution in [1.82, 2.24) is 10.2 Å². The number of nitrogens with one attached hydrogen (secondary N) is 1. The minimum Gasteiger partial charge on any atom is -0.305 e. The zero-order chi connectivity index (χ0) is 11.8. The Labute approximate surface area is 96.5 Å². The summed E-state index contributed by atoms with van der Waals surface area (Å²) in [6, 6.07) is 6.58. The first-order chi connectivity index (χ1) is 7.72. The second kappa shape index (κ2) is 7.00. The lowest BCUT2D eigenvalue weighted by Gasteiger charge is -2.16. The number of rotatable bonds is 6. The van der Waals surface area contributed by atoms with E-state index in [-0.39, 0.29) is 5.82 Å². The van der Waals surface area contributed by atoms with Gasteiger partial charge < -0.3 is 10.2 Å². The SMILES string of the molecule is C#CCNCCN(C)Cc1ccc(F)cc1. The molecule has 0 saturated heterocycles. The quantitative estimate of drug-likeness (QED) is 0.577. The normalized spacial score (nSPS) is 10.4. The second-order valence-corrected chi connectivity index (χ2v) is 3.75. The molecule has 0 fully saturated rings. The molecule has 86 valence electrons. The molecule has 0 saturated carbocycles. The van der Waals surface area contributed by atoms with E-state index in [0.717, 1.165) is 25.2 Å². The van der Waals surface area contributed by atoms with Gasteiger partial charge in [-0.3, -0.25) is 0 Å². The molecule has 1 aromatic carbocycles. The first kappa shape index (κ1) is 12.7. The van der Waals surface area contributed by atoms with Gasteiger partial charge in [-0.2, -0.15) is 0 Å². The van der Waals surface area contributed by atoms with E-state index in [2.05, 4.69) is 16.1 Å². The van der Waals surface area contributed by atoms with E-state index in [1.165, 1.54) is 12.1 Å². The zero-order valence-electron chi connectivity index (χ0n) is 9.54. The van der Waals surface area contributed by atoms with Crippen molar-refractivity contribution in [2.75, 3.05) is 26.7 Å². The van der Waals surface area contributed by atoms with Crippen LogP contribution in [0, 0.1) is 18.2 Å². The molecule has 2 nitrogen and oxygen atoms in total. The lowest BCUT2D eigenvalue weighted by atomic mass is 10.2. The minimum absolute atomic E-state index is 0.193. The Kier molecular flexibility index (Phi) is 5.55. The number of halogens is 1. The smallest absolute Gasteiger partial charge is 0.123 e. The van der Waals surface area contributed by atoms with Gasteiger partial charge in [-0.15, -0.1) is 6.42 Å². The van der Waals surface area contributed by atoms with E-state index in [1.54, 1.807) is 12.1 Å². The third-order valence-corrected chi connectivity index (χ3v) is 2.26. The Bertz CT molecular complexity index is 340. The van der Waals surface area contributed by atoms with Crippen LogP contribution in [0.1, 0.15) is 5.56 Å². The van der Waals surface area contributed by atoms with E-state index in [4.69, 9.17) is 6.42 Å². The Balaban J connectivity index is 2.26. The predicted molar refractivity (Wildman–Crippen MR) is 64.4 cm³/mol. The molecule has 1 N–H and O–H groups in total. The number of nitrogens with zero attached hydrogens (tertiary/aromatic N) is 1. The summed E-state index contributed by atoms with van der Waals surface area (Å²) in [7, 11) is 2.03. The van der Waals surface area contributed by atoms with Crippen molar-refractivity contribution >= 4 is 0 Å². The van der Waals surface area contributed by atoms with E-state index in [9.17, 15) is 4.39 Å². The van der Waals surface area contributed by atoms with Crippen LogP contribution in [-0.2, 0) is 6.54 Å². The van der Waals surface area contributed by atoms with Gasteiger partial charge in [-0.1, -0.05) is 18.1 Å². The Morgan fingerprint density at radius 1 is 1.38 bits per heavy atom. The van der Waals surface area contributed by atoms with Crippen molar-refractivity contribution < 1.29 is 4.39 Å². The fourth-order valence-electron chi connectivity index (χ4n) is 1.41. The zero-order valence-corrected chi connectivity index (χ0v) is 9.54. The molecular weight excluding hydrogens is 203 g/mol. The van der Waals surface area contributed by atoms with Crippen LogP contribution in [0.15, 0.2) is 24.3 Å². The largest absolute Gasteiger partial charge is 0.305 e. The van der Waals surface area contributed by atoms with E-state index in [0.29, 0.717) is 6.54 Å². The third kappa shape index (κ3) is 4.92. The summed E-state index contributed by atoms with van der Waals surface area (Å²) in [5.41, 5.74) is 1.11. The van der Waals surface area contributed by atoms with Gasteiger partial charge in [-0.05, 0) is 24.7 Å². The summed E-state index contributed by atoms with van der Waals surface area (Å²) in [5, 5.41) is 3.12. The number of terminal acetylenes is 1. The molecule has 0 aliphatic carbocycles. The topological polar surface area (TPSA) is 15.3 Å². The molecule has 0 aliphatic heterocycles. The molecule has 0 spiro atoms. The molecule has 16 heavy (non-hydrogen) atoms. The van der Waals surface area contributed by atoms with Gasteiger partial charge in [0.15, 0.2) is 0 Å². The van der Waals surface area contributed by atoms with Crippen molar-refractivity contribution in [2.24, 2.45) is 0 Å². The molecular formula is C13H17FN2. The Hall–Kier alpha value is -1.37. The molecule has 0 atom stereocenters. The van der Waals surface area contributed by atoms with E-state index >= 15 is 0 Å². The molecule has 0 aliphatic rings. The highest BCUT2D eigenvalue weighted by molar-refractivity contribution is 5.15. The average Bonchev–Trinajstić information content (AvgIpc) is 2.28. The molecule has 1 rings (SSSR count). The number of hydrogen-bond donors (Lipinski definition) is 1. The number of hydrogen-bond acceptors (Lipinski definition) is 2. The third-order valence-electron chi connectivity index (χ3n) is 2.26. The first-order valence-electron chi connectivity index (χ1n) is 5.29. The second-order valence-electron chi connectivity index (χ2n) is 3.75. The van der Waals surface area contributed by atoms with Crippen molar-refractivity contribution in [3.8, 4) is 12.3 Å². The standard InChI is InChI=1S/C13H17FN2/c1-3-8-15-9-10-16(2)11-12-4-6-13(14)7-5-12/h1,4-7,15H,8-11H2,2H3. The number of likely N-dealkylation sites (N-methyl/N-ethyl adjacent to an activating group) is 1. The molecule has 0 radical (unpaired) electrons. The maximum Gasteiger partial charge on any atom is 0.123 e. The molecule has 0 unspecified atom stereocenters. The van der Waals surface area contributed by atoms with Crippen LogP contribution >= 0.6 is 0 Å². The van der Waals surface area contributed by atoms with Crippen molar-refractivity contribution in [2.45, 2.75) is 6.54 Å².